The highest BCUT2D eigenvalue weighted by atomic mass is 79.9. The smallest absolute Gasteiger partial charge is 0.268 e. The van der Waals surface area contributed by atoms with Crippen molar-refractivity contribution in [1.29, 1.82) is 0 Å². The molecule has 0 aliphatic heterocycles. The molecule has 1 N–H and O–H groups in total. The van der Waals surface area contributed by atoms with Gasteiger partial charge in [-0.05, 0) is 41.5 Å². The minimum Gasteiger partial charge on any atom is -0.333 e. The molecule has 2 aromatic rings. The summed E-state index contributed by atoms with van der Waals surface area (Å²) in [7, 11) is 1.90. The number of thiophene rings is 1. The van der Waals surface area contributed by atoms with Gasteiger partial charge in [0.15, 0.2) is 5.82 Å². The second kappa shape index (κ2) is 5.07. The van der Waals surface area contributed by atoms with Crippen LogP contribution in [0.5, 0.6) is 0 Å². The zero-order chi connectivity index (χ0) is 11.5. The first kappa shape index (κ1) is 11.8. The number of likely N-dealkylation sites (N-methyl/N-ethyl adjacent to an activating group) is 1. The molecule has 86 valence electrons. The zero-order valence-corrected chi connectivity index (χ0v) is 11.5. The van der Waals surface area contributed by atoms with Crippen molar-refractivity contribution >= 4 is 27.3 Å². The molecule has 0 spiro atoms. The third-order valence-electron chi connectivity index (χ3n) is 2.13. The number of rotatable bonds is 4. The van der Waals surface area contributed by atoms with Crippen molar-refractivity contribution in [3.63, 3.8) is 0 Å². The maximum Gasteiger partial charge on any atom is 0.268 e. The third-order valence-corrected chi connectivity index (χ3v) is 4.26. The molecule has 0 amide bonds. The number of halogens is 1. The van der Waals surface area contributed by atoms with Crippen LogP contribution in [0.2, 0.25) is 0 Å². The van der Waals surface area contributed by atoms with E-state index in [1.807, 2.05) is 20.0 Å². The first-order valence-electron chi connectivity index (χ1n) is 4.94. The Bertz CT molecular complexity index is 461. The molecule has 2 aromatic heterocycles. The van der Waals surface area contributed by atoms with E-state index in [4.69, 9.17) is 4.52 Å². The van der Waals surface area contributed by atoms with Crippen molar-refractivity contribution in [2.24, 2.45) is 0 Å². The fraction of sp³-hybridized carbons (Fsp3) is 0.400. The highest BCUT2D eigenvalue weighted by Crippen LogP contribution is 2.33. The first-order valence-corrected chi connectivity index (χ1v) is 6.55. The van der Waals surface area contributed by atoms with E-state index in [9.17, 15) is 0 Å². The van der Waals surface area contributed by atoms with E-state index in [-0.39, 0.29) is 0 Å². The van der Waals surface area contributed by atoms with Crippen molar-refractivity contribution < 1.29 is 4.52 Å². The van der Waals surface area contributed by atoms with Crippen LogP contribution in [0.25, 0.3) is 10.8 Å². The fourth-order valence-corrected chi connectivity index (χ4v) is 2.71. The van der Waals surface area contributed by atoms with E-state index in [1.54, 1.807) is 11.3 Å². The van der Waals surface area contributed by atoms with Crippen LogP contribution in [-0.4, -0.2) is 23.7 Å². The second-order valence-electron chi connectivity index (χ2n) is 3.44. The van der Waals surface area contributed by atoms with Gasteiger partial charge in [-0.25, -0.2) is 0 Å². The summed E-state index contributed by atoms with van der Waals surface area (Å²) in [6.07, 6.45) is 0.783. The summed E-state index contributed by atoms with van der Waals surface area (Å²) in [4.78, 5) is 5.35. The van der Waals surface area contributed by atoms with Gasteiger partial charge in [0.25, 0.3) is 5.89 Å². The molecule has 6 heteroatoms. The molecule has 2 rings (SSSR count). The molecule has 16 heavy (non-hydrogen) atoms. The summed E-state index contributed by atoms with van der Waals surface area (Å²) in [5.41, 5.74) is 1.19. The van der Waals surface area contributed by atoms with E-state index < -0.39 is 0 Å². The minimum atomic E-state index is 0.602. The SMILES string of the molecule is CNCCc1noc(-c2cc(C)c(Br)s2)n1. The molecule has 4 nitrogen and oxygen atoms in total. The Hall–Kier alpha value is -0.720. The standard InChI is InChI=1S/C10H12BrN3OS/c1-6-5-7(16-9(6)11)10-13-8(14-15-10)3-4-12-2/h5,12H,3-4H2,1-2H3. The van der Waals surface area contributed by atoms with Crippen LogP contribution in [-0.2, 0) is 6.42 Å². The van der Waals surface area contributed by atoms with Crippen molar-refractivity contribution in [1.82, 2.24) is 15.5 Å². The summed E-state index contributed by atoms with van der Waals surface area (Å²) in [5, 5.41) is 6.99. The van der Waals surface area contributed by atoms with E-state index in [2.05, 4.69) is 31.4 Å². The number of nitrogens with zero attached hydrogens (tertiary/aromatic N) is 2. The number of aromatic nitrogens is 2. The van der Waals surface area contributed by atoms with Gasteiger partial charge in [0, 0.05) is 13.0 Å². The molecule has 0 saturated carbocycles. The van der Waals surface area contributed by atoms with Gasteiger partial charge in [-0.3, -0.25) is 0 Å². The number of aryl methyl sites for hydroxylation is 1. The van der Waals surface area contributed by atoms with Gasteiger partial charge in [0.1, 0.15) is 0 Å². The van der Waals surface area contributed by atoms with Gasteiger partial charge in [0.05, 0.1) is 8.66 Å². The summed E-state index contributed by atoms with van der Waals surface area (Å²) < 4.78 is 6.33. The number of hydrogen-bond donors (Lipinski definition) is 1. The summed E-state index contributed by atoms with van der Waals surface area (Å²) in [6.45, 7) is 2.90. The predicted octanol–water partition coefficient (Wildman–Crippen LogP) is 2.63. The fourth-order valence-electron chi connectivity index (χ4n) is 1.26. The van der Waals surface area contributed by atoms with Gasteiger partial charge in [-0.1, -0.05) is 5.16 Å². The molecule has 0 aliphatic rings. The van der Waals surface area contributed by atoms with Crippen LogP contribution in [0.1, 0.15) is 11.4 Å². The predicted molar refractivity (Wildman–Crippen MR) is 67.7 cm³/mol. The van der Waals surface area contributed by atoms with E-state index in [0.29, 0.717) is 5.89 Å². The van der Waals surface area contributed by atoms with Crippen LogP contribution >= 0.6 is 27.3 Å². The summed E-state index contributed by atoms with van der Waals surface area (Å²) in [5.74, 6) is 1.34. The van der Waals surface area contributed by atoms with Crippen LogP contribution in [0, 0.1) is 6.92 Å². The topological polar surface area (TPSA) is 51.0 Å². The van der Waals surface area contributed by atoms with Crippen molar-refractivity contribution in [3.8, 4) is 10.8 Å². The van der Waals surface area contributed by atoms with Gasteiger partial charge < -0.3 is 9.84 Å². The first-order chi connectivity index (χ1) is 7.70. The molecule has 2 heterocycles. The number of hydrogen-bond acceptors (Lipinski definition) is 5. The molecular formula is C10H12BrN3OS. The molecule has 0 aromatic carbocycles. The van der Waals surface area contributed by atoms with Crippen molar-refractivity contribution in [2.45, 2.75) is 13.3 Å². The van der Waals surface area contributed by atoms with Crippen LogP contribution in [0.15, 0.2) is 14.4 Å². The Kier molecular flexibility index (Phi) is 3.73. The Morgan fingerprint density at radius 3 is 3.00 bits per heavy atom. The van der Waals surface area contributed by atoms with E-state index >= 15 is 0 Å². The van der Waals surface area contributed by atoms with Crippen LogP contribution < -0.4 is 5.32 Å². The monoisotopic (exact) mass is 301 g/mol. The normalized spacial score (nSPS) is 10.9. The second-order valence-corrected chi connectivity index (χ2v) is 5.81. The molecule has 0 unspecified atom stereocenters. The molecule has 0 saturated heterocycles. The van der Waals surface area contributed by atoms with Crippen molar-refractivity contribution in [2.75, 3.05) is 13.6 Å². The maximum absolute atomic E-state index is 5.22. The molecule has 0 aliphatic carbocycles. The number of nitrogens with one attached hydrogen (secondary N) is 1. The molecule has 0 bridgehead atoms. The highest BCUT2D eigenvalue weighted by molar-refractivity contribution is 9.11. The zero-order valence-electron chi connectivity index (χ0n) is 9.08. The average Bonchev–Trinajstić information content (AvgIpc) is 2.84. The lowest BCUT2D eigenvalue weighted by Gasteiger charge is -1.90. The Morgan fingerprint density at radius 2 is 2.38 bits per heavy atom. The van der Waals surface area contributed by atoms with Gasteiger partial charge in [-0.15, -0.1) is 11.3 Å². The van der Waals surface area contributed by atoms with Gasteiger partial charge in [-0.2, -0.15) is 4.98 Å². The van der Waals surface area contributed by atoms with Crippen LogP contribution in [0.4, 0.5) is 0 Å². The average molecular weight is 302 g/mol. The Morgan fingerprint density at radius 1 is 1.56 bits per heavy atom. The molecule has 0 radical (unpaired) electrons. The lowest BCUT2D eigenvalue weighted by Crippen LogP contribution is -2.10. The molecule has 0 atom stereocenters. The van der Waals surface area contributed by atoms with E-state index in [0.717, 1.165) is 27.5 Å². The minimum absolute atomic E-state index is 0.602. The Balaban J connectivity index is 2.18. The summed E-state index contributed by atoms with van der Waals surface area (Å²) >= 11 is 5.09. The lowest BCUT2D eigenvalue weighted by molar-refractivity contribution is 0.423. The quantitative estimate of drug-likeness (QED) is 0.943. The van der Waals surface area contributed by atoms with Gasteiger partial charge in [0.2, 0.25) is 0 Å². The molecular weight excluding hydrogens is 290 g/mol. The Labute approximate surface area is 106 Å². The third kappa shape index (κ3) is 2.50. The van der Waals surface area contributed by atoms with Crippen LogP contribution in [0.3, 0.4) is 0 Å². The van der Waals surface area contributed by atoms with E-state index in [1.165, 1.54) is 5.56 Å². The van der Waals surface area contributed by atoms with Gasteiger partial charge >= 0.3 is 0 Å². The highest BCUT2D eigenvalue weighted by Gasteiger charge is 2.12. The molecule has 0 fully saturated rings. The lowest BCUT2D eigenvalue weighted by atomic mass is 10.3. The maximum atomic E-state index is 5.22. The summed E-state index contributed by atoms with van der Waals surface area (Å²) in [6, 6.07) is 2.05. The van der Waals surface area contributed by atoms with Crippen molar-refractivity contribution in [3.05, 3.63) is 21.2 Å². The largest absolute Gasteiger partial charge is 0.333 e.